The lowest BCUT2D eigenvalue weighted by atomic mass is 10.1. The summed E-state index contributed by atoms with van der Waals surface area (Å²) in [5.74, 6) is 0.473. The summed E-state index contributed by atoms with van der Waals surface area (Å²) in [4.78, 5) is 8.37. The molecule has 1 aliphatic rings. The van der Waals surface area contributed by atoms with Crippen molar-refractivity contribution in [3.63, 3.8) is 0 Å². The third kappa shape index (κ3) is 3.38. The fraction of sp³-hybridized carbons (Fsp3) is 0.353. The van der Waals surface area contributed by atoms with Gasteiger partial charge < -0.3 is 10.5 Å². The Bertz CT molecular complexity index is 1090. The first-order valence-electron chi connectivity index (χ1n) is 8.58. The van der Waals surface area contributed by atoms with Gasteiger partial charge in [0.2, 0.25) is 10.0 Å². The van der Waals surface area contributed by atoms with E-state index in [2.05, 4.69) is 19.8 Å². The molecule has 3 aromatic rings. The predicted molar refractivity (Wildman–Crippen MR) is 99.5 cm³/mol. The summed E-state index contributed by atoms with van der Waals surface area (Å²) in [6.45, 7) is 3.54. The third-order valence-electron chi connectivity index (χ3n) is 4.71. The highest BCUT2D eigenvalue weighted by atomic mass is 32.2. The molecule has 1 fully saturated rings. The number of ether oxygens (including phenoxy) is 1. The molecule has 3 N–H and O–H groups in total. The Labute approximate surface area is 156 Å². The molecule has 2 aromatic heterocycles. The molecule has 1 saturated heterocycles. The number of hydrogen-bond acceptors (Lipinski definition) is 7. The Balaban J connectivity index is 1.69. The summed E-state index contributed by atoms with van der Waals surface area (Å²) < 4.78 is 35.0. The van der Waals surface area contributed by atoms with Crippen LogP contribution in [0, 0.1) is 12.8 Å². The van der Waals surface area contributed by atoms with Gasteiger partial charge in [-0.15, -0.1) is 0 Å². The summed E-state index contributed by atoms with van der Waals surface area (Å²) in [7, 11) is -3.63. The fourth-order valence-corrected chi connectivity index (χ4v) is 4.26. The molecule has 0 radical (unpaired) electrons. The maximum Gasteiger partial charge on any atom is 0.240 e. The van der Waals surface area contributed by atoms with E-state index in [0.717, 1.165) is 12.0 Å². The van der Waals surface area contributed by atoms with Crippen molar-refractivity contribution in [2.45, 2.75) is 18.2 Å². The average Bonchev–Trinajstić information content (AvgIpc) is 3.31. The average molecular weight is 388 g/mol. The van der Waals surface area contributed by atoms with E-state index in [1.807, 2.05) is 6.92 Å². The zero-order valence-electron chi connectivity index (χ0n) is 14.8. The standard InChI is InChI=1S/C17H20N6O3S/c1-11-2-3-13(27(24,25)22-7-12-4-5-26-9-12)6-14(11)15-8-19-17-16(18)20-10-21-23(15)17/h2-3,6,8,10,12,22H,4-5,7,9H2,1H3,(H2,18,20,21). The van der Waals surface area contributed by atoms with Crippen LogP contribution >= 0.6 is 0 Å². The van der Waals surface area contributed by atoms with Crippen LogP contribution in [0.1, 0.15) is 12.0 Å². The molecular weight excluding hydrogens is 368 g/mol. The number of fused-ring (bicyclic) bond motifs is 1. The van der Waals surface area contributed by atoms with E-state index in [1.165, 1.54) is 6.33 Å². The highest BCUT2D eigenvalue weighted by Crippen LogP contribution is 2.27. The molecule has 0 amide bonds. The monoisotopic (exact) mass is 388 g/mol. The largest absolute Gasteiger partial charge is 0.381 e. The molecule has 0 saturated carbocycles. The minimum atomic E-state index is -3.63. The zero-order valence-corrected chi connectivity index (χ0v) is 15.6. The Morgan fingerprint density at radius 2 is 2.22 bits per heavy atom. The van der Waals surface area contributed by atoms with Gasteiger partial charge >= 0.3 is 0 Å². The SMILES string of the molecule is Cc1ccc(S(=O)(=O)NCC2CCOC2)cc1-c1cnc2c(N)ncnn12. The minimum Gasteiger partial charge on any atom is -0.381 e. The Morgan fingerprint density at radius 1 is 1.37 bits per heavy atom. The highest BCUT2D eigenvalue weighted by molar-refractivity contribution is 7.89. The van der Waals surface area contributed by atoms with Crippen molar-refractivity contribution in [2.75, 3.05) is 25.5 Å². The zero-order chi connectivity index (χ0) is 19.0. The topological polar surface area (TPSA) is 124 Å². The second-order valence-electron chi connectivity index (χ2n) is 6.58. The van der Waals surface area contributed by atoms with E-state index in [0.29, 0.717) is 36.7 Å². The summed E-state index contributed by atoms with van der Waals surface area (Å²) in [6, 6.07) is 5.00. The van der Waals surface area contributed by atoms with E-state index < -0.39 is 10.0 Å². The number of nitrogens with two attached hydrogens (primary N) is 1. The lowest BCUT2D eigenvalue weighted by Crippen LogP contribution is -2.29. The van der Waals surface area contributed by atoms with Crippen LogP contribution < -0.4 is 10.5 Å². The number of benzene rings is 1. The van der Waals surface area contributed by atoms with Gasteiger partial charge in [0.05, 0.1) is 23.4 Å². The normalized spacial score (nSPS) is 17.6. The van der Waals surface area contributed by atoms with Crippen LogP contribution in [0.4, 0.5) is 5.82 Å². The van der Waals surface area contributed by atoms with E-state index in [1.54, 1.807) is 28.9 Å². The van der Waals surface area contributed by atoms with Gasteiger partial charge in [-0.05, 0) is 37.0 Å². The molecule has 1 unspecified atom stereocenters. The van der Waals surface area contributed by atoms with Crippen molar-refractivity contribution < 1.29 is 13.2 Å². The second-order valence-corrected chi connectivity index (χ2v) is 8.35. The van der Waals surface area contributed by atoms with Crippen molar-refractivity contribution in [1.82, 2.24) is 24.3 Å². The van der Waals surface area contributed by atoms with Gasteiger partial charge in [0.1, 0.15) is 6.33 Å². The van der Waals surface area contributed by atoms with Crippen molar-refractivity contribution in [3.05, 3.63) is 36.3 Å². The van der Waals surface area contributed by atoms with Crippen molar-refractivity contribution in [1.29, 1.82) is 0 Å². The van der Waals surface area contributed by atoms with Gasteiger partial charge in [-0.2, -0.15) is 5.10 Å². The van der Waals surface area contributed by atoms with Gasteiger partial charge in [0, 0.05) is 18.7 Å². The number of sulfonamides is 1. The number of imidazole rings is 1. The van der Waals surface area contributed by atoms with Gasteiger partial charge in [0.25, 0.3) is 0 Å². The molecule has 10 heteroatoms. The maximum atomic E-state index is 12.7. The Kier molecular flexibility index (Phi) is 4.54. The first kappa shape index (κ1) is 17.8. The minimum absolute atomic E-state index is 0.194. The first-order chi connectivity index (χ1) is 13.0. The molecule has 1 atom stereocenters. The second kappa shape index (κ2) is 6.87. The van der Waals surface area contributed by atoms with Gasteiger partial charge in [-0.1, -0.05) is 6.07 Å². The molecule has 1 aromatic carbocycles. The van der Waals surface area contributed by atoms with Crippen LogP contribution in [0.25, 0.3) is 16.9 Å². The van der Waals surface area contributed by atoms with Crippen molar-refractivity contribution in [2.24, 2.45) is 5.92 Å². The van der Waals surface area contributed by atoms with Crippen LogP contribution in [-0.4, -0.2) is 47.8 Å². The number of aromatic nitrogens is 4. The maximum absolute atomic E-state index is 12.7. The highest BCUT2D eigenvalue weighted by Gasteiger charge is 2.22. The molecule has 1 aliphatic heterocycles. The number of nitrogen functional groups attached to an aromatic ring is 1. The summed E-state index contributed by atoms with van der Waals surface area (Å²) in [5.41, 5.74) is 8.53. The van der Waals surface area contributed by atoms with E-state index in [9.17, 15) is 8.42 Å². The number of nitrogens with one attached hydrogen (secondary N) is 1. The molecular formula is C17H20N6O3S. The van der Waals surface area contributed by atoms with Gasteiger partial charge in [-0.3, -0.25) is 0 Å². The van der Waals surface area contributed by atoms with E-state index in [-0.39, 0.29) is 16.6 Å². The molecule has 0 aliphatic carbocycles. The smallest absolute Gasteiger partial charge is 0.240 e. The lowest BCUT2D eigenvalue weighted by molar-refractivity contribution is 0.186. The van der Waals surface area contributed by atoms with Crippen molar-refractivity contribution in [3.8, 4) is 11.3 Å². The molecule has 3 heterocycles. The summed E-state index contributed by atoms with van der Waals surface area (Å²) in [5, 5.41) is 4.18. The number of nitrogens with zero attached hydrogens (tertiary/aromatic N) is 4. The van der Waals surface area contributed by atoms with Gasteiger partial charge in [-0.25, -0.2) is 27.6 Å². The number of aryl methyl sites for hydroxylation is 1. The molecule has 27 heavy (non-hydrogen) atoms. The fourth-order valence-electron chi connectivity index (χ4n) is 3.12. The van der Waals surface area contributed by atoms with Crippen LogP contribution in [0.3, 0.4) is 0 Å². The molecule has 142 valence electrons. The van der Waals surface area contributed by atoms with E-state index in [4.69, 9.17) is 10.5 Å². The van der Waals surface area contributed by atoms with Crippen LogP contribution in [0.15, 0.2) is 35.6 Å². The molecule has 0 bridgehead atoms. The molecule has 9 nitrogen and oxygen atoms in total. The predicted octanol–water partition coefficient (Wildman–Crippen LogP) is 0.997. The molecule has 0 spiro atoms. The van der Waals surface area contributed by atoms with Crippen LogP contribution in [-0.2, 0) is 14.8 Å². The third-order valence-corrected chi connectivity index (χ3v) is 6.13. The van der Waals surface area contributed by atoms with Crippen LogP contribution in [0.2, 0.25) is 0 Å². The Hall–Kier alpha value is -2.56. The first-order valence-corrected chi connectivity index (χ1v) is 10.1. The lowest BCUT2D eigenvalue weighted by Gasteiger charge is -2.12. The Morgan fingerprint density at radius 3 is 3.00 bits per heavy atom. The summed E-state index contributed by atoms with van der Waals surface area (Å²) in [6.07, 6.45) is 3.82. The summed E-state index contributed by atoms with van der Waals surface area (Å²) >= 11 is 0. The number of hydrogen-bond donors (Lipinski definition) is 2. The van der Waals surface area contributed by atoms with Gasteiger partial charge in [0.15, 0.2) is 11.5 Å². The number of rotatable bonds is 5. The van der Waals surface area contributed by atoms with E-state index >= 15 is 0 Å². The number of anilines is 1. The quantitative estimate of drug-likeness (QED) is 0.668. The van der Waals surface area contributed by atoms with Crippen LogP contribution in [0.5, 0.6) is 0 Å². The molecule has 4 rings (SSSR count). The van der Waals surface area contributed by atoms with Crippen molar-refractivity contribution >= 4 is 21.5 Å².